The summed E-state index contributed by atoms with van der Waals surface area (Å²) in [6.07, 6.45) is 2.21. The predicted octanol–water partition coefficient (Wildman–Crippen LogP) is 13.0. The van der Waals surface area contributed by atoms with E-state index in [1.807, 2.05) is 42.5 Å². The molecular weight excluding hydrogens is 721 g/mol. The molecule has 1 unspecified atom stereocenters. The largest absolute Gasteiger partial charge is 0.456 e. The summed E-state index contributed by atoms with van der Waals surface area (Å²) in [5.41, 5.74) is 10.7. The zero-order valence-electron chi connectivity index (χ0n) is 32.5. The Hall–Kier alpha value is -7.63. The molecule has 0 fully saturated rings. The average molecular weight is 761 g/mol. The van der Waals surface area contributed by atoms with Crippen LogP contribution < -0.4 is 15.0 Å². The molecule has 0 aliphatic carbocycles. The Bertz CT molecular complexity index is 3000. The zero-order chi connectivity index (χ0) is 39.3. The summed E-state index contributed by atoms with van der Waals surface area (Å²) in [5, 5.41) is 5.94. The number of amidine groups is 1. The lowest BCUT2D eigenvalue weighted by Gasteiger charge is -2.48. The van der Waals surface area contributed by atoms with E-state index in [0.717, 1.165) is 78.7 Å². The first kappa shape index (κ1) is 34.6. The lowest BCUT2D eigenvalue weighted by molar-refractivity contribution is 0.439. The van der Waals surface area contributed by atoms with E-state index >= 15 is 0 Å². The summed E-state index contributed by atoms with van der Waals surface area (Å²) >= 11 is 0. The molecule has 3 aliphatic rings. The molecule has 1 aromatic heterocycles. The Morgan fingerprint density at radius 2 is 1.08 bits per heavy atom. The SMILES string of the molecule is CC1C=C(n2c3ccccc3c3c4c(ccc32)C2(c3ccccc3O4)c3ccccc3N(c3ccccc3)c3ccccc32)NC(c2ccccc2)=N1.c1ccccc1. The second-order valence-electron chi connectivity index (χ2n) is 15.2. The molecule has 1 spiro atoms. The molecular formula is C54H40N4O. The number of anilines is 3. The van der Waals surface area contributed by atoms with Crippen LogP contribution in [-0.4, -0.2) is 16.4 Å². The summed E-state index contributed by atoms with van der Waals surface area (Å²) in [6, 6.07) is 72.7. The molecule has 0 radical (unpaired) electrons. The molecule has 12 rings (SSSR count). The topological polar surface area (TPSA) is 41.8 Å². The van der Waals surface area contributed by atoms with Crippen molar-refractivity contribution in [1.29, 1.82) is 0 Å². The lowest BCUT2D eigenvalue weighted by Crippen LogP contribution is -2.39. The third-order valence-electron chi connectivity index (χ3n) is 11.7. The number of nitrogens with zero attached hydrogens (tertiary/aromatic N) is 3. The minimum Gasteiger partial charge on any atom is -0.456 e. The van der Waals surface area contributed by atoms with Crippen molar-refractivity contribution in [1.82, 2.24) is 9.88 Å². The minimum absolute atomic E-state index is 0.00973. The van der Waals surface area contributed by atoms with Gasteiger partial charge in [0.2, 0.25) is 0 Å². The number of rotatable bonds is 3. The molecule has 0 saturated heterocycles. The highest BCUT2D eigenvalue weighted by molar-refractivity contribution is 6.15. The van der Waals surface area contributed by atoms with Crippen molar-refractivity contribution < 1.29 is 4.74 Å². The van der Waals surface area contributed by atoms with Gasteiger partial charge in [-0.15, -0.1) is 0 Å². The molecule has 1 N–H and O–H groups in total. The standard InChI is InChI=1S/C48H34N4O.C6H6/c1-31-30-44(50-47(49-31)32-16-4-2-5-17-32)52-39-24-12-8-20-34(39)45-42(52)29-28-38-46(45)53-43-27-15-11-23-37(43)48(38)35-21-9-13-25-40(35)51(33-18-6-3-7-19-33)41-26-14-10-22-36(41)48;1-2-4-6-5-3-1/h2-31H,1H3,(H,49,50);1-6H. The van der Waals surface area contributed by atoms with E-state index in [-0.39, 0.29) is 6.04 Å². The molecule has 0 bridgehead atoms. The number of fused-ring (bicyclic) bond motifs is 12. The minimum atomic E-state index is -0.649. The van der Waals surface area contributed by atoms with Gasteiger partial charge in [0.1, 0.15) is 23.2 Å². The van der Waals surface area contributed by atoms with Crippen LogP contribution in [0.2, 0.25) is 0 Å². The molecule has 59 heavy (non-hydrogen) atoms. The van der Waals surface area contributed by atoms with Crippen molar-refractivity contribution in [2.75, 3.05) is 4.90 Å². The Morgan fingerprint density at radius 3 is 1.78 bits per heavy atom. The van der Waals surface area contributed by atoms with Gasteiger partial charge in [-0.1, -0.05) is 164 Å². The maximum Gasteiger partial charge on any atom is 0.142 e. The summed E-state index contributed by atoms with van der Waals surface area (Å²) < 4.78 is 9.53. The van der Waals surface area contributed by atoms with Gasteiger partial charge in [-0.05, 0) is 66.6 Å². The van der Waals surface area contributed by atoms with E-state index in [4.69, 9.17) is 9.73 Å². The third-order valence-corrected chi connectivity index (χ3v) is 11.7. The quantitative estimate of drug-likeness (QED) is 0.195. The van der Waals surface area contributed by atoms with Gasteiger partial charge in [0, 0.05) is 27.8 Å². The molecule has 0 saturated carbocycles. The molecule has 0 amide bonds. The second-order valence-corrected chi connectivity index (χ2v) is 15.2. The van der Waals surface area contributed by atoms with Crippen LogP contribution in [0.4, 0.5) is 17.1 Å². The normalized spacial score (nSPS) is 15.6. The molecule has 1 atom stereocenters. The van der Waals surface area contributed by atoms with E-state index in [9.17, 15) is 0 Å². The zero-order valence-corrected chi connectivity index (χ0v) is 32.5. The van der Waals surface area contributed by atoms with Crippen LogP contribution >= 0.6 is 0 Å². The van der Waals surface area contributed by atoms with Crippen molar-refractivity contribution >= 4 is 50.5 Å². The lowest BCUT2D eigenvalue weighted by atomic mass is 9.61. The predicted molar refractivity (Wildman–Crippen MR) is 242 cm³/mol. The highest BCUT2D eigenvalue weighted by Gasteiger charge is 2.51. The molecule has 3 aliphatic heterocycles. The fourth-order valence-corrected chi connectivity index (χ4v) is 9.41. The van der Waals surface area contributed by atoms with Crippen LogP contribution in [0.3, 0.4) is 0 Å². The van der Waals surface area contributed by atoms with Crippen molar-refractivity contribution in [2.45, 2.75) is 18.4 Å². The van der Waals surface area contributed by atoms with Gasteiger partial charge in [-0.25, -0.2) is 0 Å². The van der Waals surface area contributed by atoms with E-state index in [1.54, 1.807) is 0 Å². The summed E-state index contributed by atoms with van der Waals surface area (Å²) in [4.78, 5) is 7.39. The Morgan fingerprint density at radius 1 is 0.525 bits per heavy atom. The van der Waals surface area contributed by atoms with Crippen molar-refractivity contribution in [3.8, 4) is 11.5 Å². The van der Waals surface area contributed by atoms with E-state index < -0.39 is 5.41 Å². The van der Waals surface area contributed by atoms with Crippen LogP contribution in [0, 0.1) is 0 Å². The van der Waals surface area contributed by atoms with Crippen LogP contribution in [0.1, 0.15) is 34.7 Å². The molecule has 5 heteroatoms. The van der Waals surface area contributed by atoms with E-state index in [0.29, 0.717) is 0 Å². The fraction of sp³-hybridized carbons (Fsp3) is 0.0556. The van der Waals surface area contributed by atoms with Crippen LogP contribution in [0.25, 0.3) is 27.6 Å². The second kappa shape index (κ2) is 14.1. The third kappa shape index (κ3) is 5.43. The maximum atomic E-state index is 7.19. The van der Waals surface area contributed by atoms with Crippen LogP contribution in [0.15, 0.2) is 217 Å². The fourth-order valence-electron chi connectivity index (χ4n) is 9.41. The summed E-state index contributed by atoms with van der Waals surface area (Å²) in [6.45, 7) is 2.14. The first-order valence-corrected chi connectivity index (χ1v) is 20.2. The first-order valence-electron chi connectivity index (χ1n) is 20.2. The van der Waals surface area contributed by atoms with Gasteiger partial charge in [-0.3, -0.25) is 9.56 Å². The number of hydrogen-bond donors (Lipinski definition) is 1. The molecule has 282 valence electrons. The number of ether oxygens (including phenoxy) is 1. The van der Waals surface area contributed by atoms with Gasteiger partial charge in [0.05, 0.1) is 39.3 Å². The summed E-state index contributed by atoms with van der Waals surface area (Å²) in [7, 11) is 0. The van der Waals surface area contributed by atoms with Gasteiger partial charge >= 0.3 is 0 Å². The number of aliphatic imine (C=N–C) groups is 1. The number of benzene rings is 8. The van der Waals surface area contributed by atoms with Gasteiger partial charge in [0.25, 0.3) is 0 Å². The number of nitrogens with one attached hydrogen (secondary N) is 1. The summed E-state index contributed by atoms with van der Waals surface area (Å²) in [5.74, 6) is 3.59. The molecule has 5 nitrogen and oxygen atoms in total. The Labute approximate surface area is 343 Å². The Balaban J connectivity index is 0.000000610. The van der Waals surface area contributed by atoms with E-state index in [1.165, 1.54) is 11.1 Å². The van der Waals surface area contributed by atoms with Crippen LogP contribution in [-0.2, 0) is 5.41 Å². The first-order chi connectivity index (χ1) is 29.2. The maximum absolute atomic E-state index is 7.19. The molecule has 9 aromatic rings. The molecule has 8 aromatic carbocycles. The van der Waals surface area contributed by atoms with Crippen molar-refractivity contribution in [3.63, 3.8) is 0 Å². The highest BCUT2D eigenvalue weighted by atomic mass is 16.5. The van der Waals surface area contributed by atoms with E-state index in [2.05, 4.69) is 192 Å². The van der Waals surface area contributed by atoms with Gasteiger partial charge in [0.15, 0.2) is 0 Å². The number of aromatic nitrogens is 1. The number of para-hydroxylation sites is 5. The smallest absolute Gasteiger partial charge is 0.142 e. The van der Waals surface area contributed by atoms with Gasteiger partial charge < -0.3 is 15.0 Å². The van der Waals surface area contributed by atoms with Crippen molar-refractivity contribution in [2.24, 2.45) is 4.99 Å². The molecule has 4 heterocycles. The highest BCUT2D eigenvalue weighted by Crippen LogP contribution is 2.64. The van der Waals surface area contributed by atoms with Crippen LogP contribution in [0.5, 0.6) is 11.5 Å². The average Bonchev–Trinajstić information content (AvgIpc) is 3.65. The van der Waals surface area contributed by atoms with Crippen molar-refractivity contribution in [3.05, 3.63) is 240 Å². The monoisotopic (exact) mass is 760 g/mol. The number of hydrogen-bond acceptors (Lipinski definition) is 4. The van der Waals surface area contributed by atoms with Gasteiger partial charge in [-0.2, -0.15) is 0 Å². The Kier molecular flexibility index (Phi) is 8.26.